The van der Waals surface area contributed by atoms with Gasteiger partial charge < -0.3 is 10.4 Å². The molecule has 2 N–H and O–H groups in total. The molecule has 0 aliphatic rings. The molecule has 18 heavy (non-hydrogen) atoms. The molecule has 1 rings (SSSR count). The molecule has 0 unspecified atom stereocenters. The van der Waals surface area contributed by atoms with Gasteiger partial charge in [-0.3, -0.25) is 4.79 Å². The van der Waals surface area contributed by atoms with Gasteiger partial charge in [0.2, 0.25) is 0 Å². The van der Waals surface area contributed by atoms with Crippen LogP contribution in [0.3, 0.4) is 0 Å². The number of nitrogens with one attached hydrogen (secondary N) is 1. The van der Waals surface area contributed by atoms with E-state index in [2.05, 4.69) is 12.2 Å². The van der Waals surface area contributed by atoms with Crippen molar-refractivity contribution in [3.8, 4) is 0 Å². The molecule has 0 heterocycles. The number of carbonyl (C=O) groups excluding carboxylic acids is 1. The predicted molar refractivity (Wildman–Crippen MR) is 74.1 cm³/mol. The Balaban J connectivity index is 3.29. The molecule has 0 radical (unpaired) electrons. The van der Waals surface area contributed by atoms with Crippen LogP contribution in [-0.4, -0.2) is 23.7 Å². The zero-order valence-electron chi connectivity index (χ0n) is 12.1. The van der Waals surface area contributed by atoms with Crippen LogP contribution in [0.2, 0.25) is 0 Å². The molecule has 0 bridgehead atoms. The summed E-state index contributed by atoms with van der Waals surface area (Å²) in [6, 6.07) is -0.224. The highest BCUT2D eigenvalue weighted by Crippen LogP contribution is 2.25. The Labute approximate surface area is 109 Å². The molecule has 100 valence electrons. The summed E-state index contributed by atoms with van der Waals surface area (Å²) in [5, 5.41) is 11.8. The van der Waals surface area contributed by atoms with Crippen LogP contribution < -0.4 is 5.32 Å². The number of aliphatic hydroxyl groups is 1. The Kier molecular flexibility index (Phi) is 4.52. The average Bonchev–Trinajstić information content (AvgIpc) is 2.34. The zero-order valence-corrected chi connectivity index (χ0v) is 12.1. The summed E-state index contributed by atoms with van der Waals surface area (Å²) < 4.78 is 0. The van der Waals surface area contributed by atoms with Crippen molar-refractivity contribution in [3.63, 3.8) is 0 Å². The second kappa shape index (κ2) is 5.53. The smallest absolute Gasteiger partial charge is 0.252 e. The molecule has 3 heteroatoms. The number of amides is 1. The summed E-state index contributed by atoms with van der Waals surface area (Å²) in [6.45, 7) is 11.9. The van der Waals surface area contributed by atoms with E-state index >= 15 is 0 Å². The number of rotatable bonds is 3. The Morgan fingerprint density at radius 1 is 1.00 bits per heavy atom. The summed E-state index contributed by atoms with van der Waals surface area (Å²) in [5.41, 5.74) is 6.38. The van der Waals surface area contributed by atoms with Gasteiger partial charge in [-0.1, -0.05) is 0 Å². The minimum Gasteiger partial charge on any atom is -0.394 e. The van der Waals surface area contributed by atoms with Crippen LogP contribution in [-0.2, 0) is 0 Å². The van der Waals surface area contributed by atoms with Gasteiger partial charge in [0.25, 0.3) is 5.91 Å². The molecule has 1 amide bonds. The second-order valence-corrected chi connectivity index (χ2v) is 5.06. The van der Waals surface area contributed by atoms with Crippen LogP contribution >= 0.6 is 0 Å². The standard InChI is InChI=1S/C15H23NO2/c1-8(7-17)16-15(18)14-12(5)10(3)9(2)11(4)13(14)6/h8,17H,7H2,1-6H3,(H,16,18)/t8-/m0/s1. The molecule has 0 saturated heterocycles. The average molecular weight is 249 g/mol. The maximum absolute atomic E-state index is 12.2. The lowest BCUT2D eigenvalue weighted by Crippen LogP contribution is -2.36. The van der Waals surface area contributed by atoms with Crippen LogP contribution in [0.4, 0.5) is 0 Å². The number of hydrogen-bond donors (Lipinski definition) is 2. The van der Waals surface area contributed by atoms with E-state index in [1.165, 1.54) is 16.7 Å². The summed E-state index contributed by atoms with van der Waals surface area (Å²) in [4.78, 5) is 12.2. The monoisotopic (exact) mass is 249 g/mol. The van der Waals surface area contributed by atoms with E-state index in [1.54, 1.807) is 6.92 Å². The van der Waals surface area contributed by atoms with Gasteiger partial charge >= 0.3 is 0 Å². The third-order valence-corrected chi connectivity index (χ3v) is 3.88. The van der Waals surface area contributed by atoms with Crippen LogP contribution in [0.15, 0.2) is 0 Å². The minimum atomic E-state index is -0.224. The van der Waals surface area contributed by atoms with Crippen LogP contribution in [0.1, 0.15) is 45.1 Å². The first-order chi connectivity index (χ1) is 8.31. The van der Waals surface area contributed by atoms with E-state index in [0.29, 0.717) is 0 Å². The highest BCUT2D eigenvalue weighted by atomic mass is 16.3. The van der Waals surface area contributed by atoms with Crippen molar-refractivity contribution in [2.24, 2.45) is 0 Å². The number of carbonyl (C=O) groups is 1. The molecule has 0 aliphatic carbocycles. The molecule has 1 atom stereocenters. The highest BCUT2D eigenvalue weighted by Gasteiger charge is 2.18. The zero-order chi connectivity index (χ0) is 14.0. The third-order valence-electron chi connectivity index (χ3n) is 3.88. The molecule has 1 aromatic carbocycles. The quantitative estimate of drug-likeness (QED) is 0.864. The summed E-state index contributed by atoms with van der Waals surface area (Å²) in [6.07, 6.45) is 0. The van der Waals surface area contributed by atoms with E-state index in [4.69, 9.17) is 5.11 Å². The Morgan fingerprint density at radius 3 is 1.78 bits per heavy atom. The molecule has 1 aromatic rings. The van der Waals surface area contributed by atoms with Crippen LogP contribution in [0.5, 0.6) is 0 Å². The minimum absolute atomic E-state index is 0.0480. The van der Waals surface area contributed by atoms with Crippen LogP contribution in [0.25, 0.3) is 0 Å². The van der Waals surface area contributed by atoms with Crippen molar-refractivity contribution in [3.05, 3.63) is 33.4 Å². The highest BCUT2D eigenvalue weighted by molar-refractivity contribution is 5.98. The lowest BCUT2D eigenvalue weighted by atomic mass is 9.89. The first kappa shape index (κ1) is 14.7. The predicted octanol–water partition coefficient (Wildman–Crippen LogP) is 2.34. The van der Waals surface area contributed by atoms with Crippen molar-refractivity contribution in [2.75, 3.05) is 6.61 Å². The van der Waals surface area contributed by atoms with Gasteiger partial charge in [-0.2, -0.15) is 0 Å². The topological polar surface area (TPSA) is 49.3 Å². The maximum atomic E-state index is 12.2. The number of benzene rings is 1. The molecular weight excluding hydrogens is 226 g/mol. The summed E-state index contributed by atoms with van der Waals surface area (Å²) in [5.74, 6) is -0.0993. The molecule has 0 fully saturated rings. The van der Waals surface area contributed by atoms with Gasteiger partial charge in [0, 0.05) is 11.6 Å². The van der Waals surface area contributed by atoms with Crippen molar-refractivity contribution in [2.45, 2.75) is 47.6 Å². The summed E-state index contributed by atoms with van der Waals surface area (Å²) in [7, 11) is 0. The maximum Gasteiger partial charge on any atom is 0.252 e. The molecule has 0 aromatic heterocycles. The van der Waals surface area contributed by atoms with Crippen molar-refractivity contribution in [1.82, 2.24) is 5.32 Å². The fourth-order valence-electron chi connectivity index (χ4n) is 2.18. The first-order valence-corrected chi connectivity index (χ1v) is 6.29. The molecule has 0 spiro atoms. The molecule has 3 nitrogen and oxygen atoms in total. The molecule has 0 saturated carbocycles. The van der Waals surface area contributed by atoms with E-state index in [-0.39, 0.29) is 18.6 Å². The van der Waals surface area contributed by atoms with E-state index in [1.807, 2.05) is 27.7 Å². The van der Waals surface area contributed by atoms with Crippen molar-refractivity contribution >= 4 is 5.91 Å². The SMILES string of the molecule is Cc1c(C)c(C)c(C(=O)N[C@@H](C)CO)c(C)c1C. The van der Waals surface area contributed by atoms with Gasteiger partial charge in [-0.15, -0.1) is 0 Å². The van der Waals surface area contributed by atoms with Crippen LogP contribution in [0, 0.1) is 34.6 Å². The Morgan fingerprint density at radius 2 is 1.39 bits per heavy atom. The van der Waals surface area contributed by atoms with E-state index in [9.17, 15) is 4.79 Å². The second-order valence-electron chi connectivity index (χ2n) is 5.06. The van der Waals surface area contributed by atoms with Crippen molar-refractivity contribution < 1.29 is 9.90 Å². The van der Waals surface area contributed by atoms with E-state index < -0.39 is 0 Å². The Bertz CT molecular complexity index is 449. The van der Waals surface area contributed by atoms with Gasteiger partial charge in [0.1, 0.15) is 0 Å². The van der Waals surface area contributed by atoms with Gasteiger partial charge in [-0.05, 0) is 69.4 Å². The number of aliphatic hydroxyl groups excluding tert-OH is 1. The lowest BCUT2D eigenvalue weighted by molar-refractivity contribution is 0.0921. The third kappa shape index (κ3) is 2.56. The van der Waals surface area contributed by atoms with Gasteiger partial charge in [-0.25, -0.2) is 0 Å². The summed E-state index contributed by atoms with van der Waals surface area (Å²) >= 11 is 0. The van der Waals surface area contributed by atoms with Gasteiger partial charge in [0.15, 0.2) is 0 Å². The molecule has 0 aliphatic heterocycles. The largest absolute Gasteiger partial charge is 0.394 e. The first-order valence-electron chi connectivity index (χ1n) is 6.29. The Hall–Kier alpha value is -1.35. The van der Waals surface area contributed by atoms with Gasteiger partial charge in [0.05, 0.1) is 6.61 Å². The van der Waals surface area contributed by atoms with E-state index in [0.717, 1.165) is 16.7 Å². The molecular formula is C15H23NO2. The fraction of sp³-hybridized carbons (Fsp3) is 0.533. The fourth-order valence-corrected chi connectivity index (χ4v) is 2.18. The number of hydrogen-bond acceptors (Lipinski definition) is 2. The lowest BCUT2D eigenvalue weighted by Gasteiger charge is -2.19. The van der Waals surface area contributed by atoms with Crippen molar-refractivity contribution in [1.29, 1.82) is 0 Å². The normalized spacial score (nSPS) is 12.4.